The number of allylic oxidation sites excluding steroid dienone is 1. The Morgan fingerprint density at radius 2 is 1.85 bits per heavy atom. The molecule has 3 aliphatic rings. The van der Waals surface area contributed by atoms with Crippen LogP contribution in [-0.2, 0) is 14.3 Å². The van der Waals surface area contributed by atoms with E-state index in [2.05, 4.69) is 49.9 Å². The molecule has 1 aromatic rings. The molecule has 3 aliphatic heterocycles. The van der Waals surface area contributed by atoms with Crippen molar-refractivity contribution in [3.63, 3.8) is 0 Å². The zero-order valence-electron chi connectivity index (χ0n) is 20.1. The molecule has 1 aromatic carbocycles. The van der Waals surface area contributed by atoms with Gasteiger partial charge < -0.3 is 14.5 Å². The number of carbonyl (C=O) groups is 2. The molecule has 33 heavy (non-hydrogen) atoms. The van der Waals surface area contributed by atoms with Gasteiger partial charge in [-0.15, -0.1) is 0 Å². The molecule has 0 aromatic heterocycles. The van der Waals surface area contributed by atoms with E-state index in [0.29, 0.717) is 29.5 Å². The molecule has 1 fully saturated rings. The van der Waals surface area contributed by atoms with Crippen molar-refractivity contribution in [2.24, 2.45) is 10.9 Å². The van der Waals surface area contributed by atoms with Gasteiger partial charge in [-0.1, -0.05) is 56.8 Å². The Bertz CT molecular complexity index is 1020. The number of nitrogens with zero attached hydrogens (tertiary/aromatic N) is 3. The van der Waals surface area contributed by atoms with Crippen LogP contribution in [0, 0.1) is 5.92 Å². The van der Waals surface area contributed by atoms with Gasteiger partial charge in [0.2, 0.25) is 5.91 Å². The summed E-state index contributed by atoms with van der Waals surface area (Å²) in [5.41, 5.74) is 4.29. The van der Waals surface area contributed by atoms with Crippen LogP contribution in [0.25, 0.3) is 0 Å². The highest BCUT2D eigenvalue weighted by molar-refractivity contribution is 8.16. The van der Waals surface area contributed by atoms with Crippen LogP contribution in [0.4, 0.5) is 0 Å². The first-order chi connectivity index (χ1) is 15.8. The number of fused-ring (bicyclic) bond motifs is 1. The average Bonchev–Trinajstić information content (AvgIpc) is 3.19. The van der Waals surface area contributed by atoms with Gasteiger partial charge in [0.05, 0.1) is 30.8 Å². The largest absolute Gasteiger partial charge is 0.466 e. The smallest absolute Gasteiger partial charge is 0.338 e. The van der Waals surface area contributed by atoms with E-state index in [0.717, 1.165) is 42.4 Å². The number of hydrogen-bond donors (Lipinski definition) is 0. The summed E-state index contributed by atoms with van der Waals surface area (Å²) in [6.07, 6.45) is 2.40. The molecule has 7 heteroatoms. The lowest BCUT2D eigenvalue weighted by Gasteiger charge is -2.37. The lowest BCUT2D eigenvalue weighted by molar-refractivity contribution is -0.136. The molecule has 1 unspecified atom stereocenters. The fourth-order valence-electron chi connectivity index (χ4n) is 4.64. The number of hydrogen-bond acceptors (Lipinski definition) is 6. The molecule has 0 N–H and O–H groups in total. The van der Waals surface area contributed by atoms with E-state index in [1.165, 1.54) is 24.4 Å². The molecule has 0 bridgehead atoms. The van der Waals surface area contributed by atoms with Gasteiger partial charge in [-0.2, -0.15) is 0 Å². The Morgan fingerprint density at radius 1 is 1.18 bits per heavy atom. The van der Waals surface area contributed by atoms with Gasteiger partial charge in [0.1, 0.15) is 0 Å². The number of likely N-dealkylation sites (tertiary alicyclic amines) is 1. The van der Waals surface area contributed by atoms with Gasteiger partial charge in [-0.05, 0) is 48.1 Å². The van der Waals surface area contributed by atoms with E-state index in [9.17, 15) is 9.59 Å². The molecule has 176 valence electrons. The van der Waals surface area contributed by atoms with Gasteiger partial charge >= 0.3 is 5.97 Å². The molecule has 3 heterocycles. The average molecular weight is 468 g/mol. The molecule has 4 rings (SSSR count). The van der Waals surface area contributed by atoms with Gasteiger partial charge in [0.25, 0.3) is 0 Å². The maximum absolute atomic E-state index is 13.1. The van der Waals surface area contributed by atoms with E-state index >= 15 is 0 Å². The number of piperidine rings is 1. The van der Waals surface area contributed by atoms with Crippen molar-refractivity contribution in [3.05, 3.63) is 57.8 Å². The Hall–Kier alpha value is -2.54. The third-order valence-electron chi connectivity index (χ3n) is 6.79. The minimum atomic E-state index is -0.388. The van der Waals surface area contributed by atoms with E-state index in [1.807, 2.05) is 17.2 Å². The van der Waals surface area contributed by atoms with Crippen LogP contribution in [-0.4, -0.2) is 47.0 Å². The highest BCUT2D eigenvalue weighted by Gasteiger charge is 2.41. The molecule has 0 aliphatic carbocycles. The van der Waals surface area contributed by atoms with Gasteiger partial charge in [0, 0.05) is 18.8 Å². The van der Waals surface area contributed by atoms with Gasteiger partial charge in [0.15, 0.2) is 5.17 Å². The maximum atomic E-state index is 13.1. The molecule has 0 saturated carbocycles. The predicted molar refractivity (Wildman–Crippen MR) is 133 cm³/mol. The van der Waals surface area contributed by atoms with Crippen LogP contribution in [0.1, 0.15) is 70.0 Å². The minimum absolute atomic E-state index is 0.134. The van der Waals surface area contributed by atoms with E-state index < -0.39 is 0 Å². The van der Waals surface area contributed by atoms with Crippen molar-refractivity contribution in [3.8, 4) is 0 Å². The van der Waals surface area contributed by atoms with Gasteiger partial charge in [-0.25, -0.2) is 9.79 Å². The second-order valence-corrected chi connectivity index (χ2v) is 10.3. The first-order valence-electron chi connectivity index (χ1n) is 11.7. The fourth-order valence-corrected chi connectivity index (χ4v) is 5.61. The first-order valence-corrected chi connectivity index (χ1v) is 12.6. The Morgan fingerprint density at radius 3 is 2.45 bits per heavy atom. The number of aliphatic imine (C=N–C) groups is 1. The highest BCUT2D eigenvalue weighted by atomic mass is 32.2. The standard InChI is InChI=1S/C26H33N3O3S/c1-16(2)19-6-8-20(9-7-19)24-23(25(31)32-5)18(4)27-26-29(24)21(15-33-26)14-22(30)28-12-10-17(3)11-13-28/h6-9,15-17,24H,10-14H2,1-5H3. The first kappa shape index (κ1) is 23.6. The molecule has 1 saturated heterocycles. The number of amides is 1. The molecule has 0 radical (unpaired) electrons. The summed E-state index contributed by atoms with van der Waals surface area (Å²) in [4.78, 5) is 34.7. The molecular formula is C26H33N3O3S. The molecule has 6 nitrogen and oxygen atoms in total. The second-order valence-electron chi connectivity index (χ2n) is 9.45. The lowest BCUT2D eigenvalue weighted by Crippen LogP contribution is -2.41. The van der Waals surface area contributed by atoms with Crippen molar-refractivity contribution >= 4 is 28.8 Å². The zero-order valence-corrected chi connectivity index (χ0v) is 20.9. The third-order valence-corrected chi connectivity index (χ3v) is 7.68. The summed E-state index contributed by atoms with van der Waals surface area (Å²) in [5, 5.41) is 2.81. The van der Waals surface area contributed by atoms with Crippen LogP contribution in [0.2, 0.25) is 0 Å². The summed E-state index contributed by atoms with van der Waals surface area (Å²) in [6, 6.07) is 8.01. The van der Waals surface area contributed by atoms with Crippen molar-refractivity contribution in [1.82, 2.24) is 9.80 Å². The minimum Gasteiger partial charge on any atom is -0.466 e. The van der Waals surface area contributed by atoms with E-state index in [4.69, 9.17) is 9.73 Å². The van der Waals surface area contributed by atoms with E-state index in [-0.39, 0.29) is 17.9 Å². The Kier molecular flexibility index (Phi) is 6.98. The van der Waals surface area contributed by atoms with Crippen molar-refractivity contribution in [1.29, 1.82) is 0 Å². The number of rotatable bonds is 5. The topological polar surface area (TPSA) is 62.2 Å². The summed E-state index contributed by atoms with van der Waals surface area (Å²) in [6.45, 7) is 10.0. The Labute approximate surface area is 200 Å². The van der Waals surface area contributed by atoms with Crippen molar-refractivity contribution in [2.45, 2.75) is 58.9 Å². The number of methoxy groups -OCH3 is 1. The number of benzene rings is 1. The number of carbonyl (C=O) groups excluding carboxylic acids is 2. The monoisotopic (exact) mass is 467 g/mol. The van der Waals surface area contributed by atoms with Crippen LogP contribution >= 0.6 is 11.8 Å². The molecule has 0 spiro atoms. The number of ether oxygens (including phenoxy) is 1. The normalized spacial score (nSPS) is 21.2. The number of amidine groups is 1. The Balaban J connectivity index is 1.66. The summed E-state index contributed by atoms with van der Waals surface area (Å²) in [7, 11) is 1.40. The van der Waals surface area contributed by atoms with Crippen molar-refractivity contribution < 1.29 is 14.3 Å². The summed E-state index contributed by atoms with van der Waals surface area (Å²) >= 11 is 1.51. The van der Waals surface area contributed by atoms with Gasteiger partial charge in [-0.3, -0.25) is 4.79 Å². The summed E-state index contributed by atoms with van der Waals surface area (Å²) in [5.74, 6) is 0.836. The SMILES string of the molecule is COC(=O)C1=C(C)N=C2SC=C(CC(=O)N3CCC(C)CC3)N2C1c1ccc(C(C)C)cc1. The quantitative estimate of drug-likeness (QED) is 0.557. The van der Waals surface area contributed by atoms with Crippen LogP contribution < -0.4 is 0 Å². The van der Waals surface area contributed by atoms with Crippen LogP contribution in [0.5, 0.6) is 0 Å². The third kappa shape index (κ3) is 4.74. The fraction of sp³-hybridized carbons (Fsp3) is 0.500. The van der Waals surface area contributed by atoms with Crippen LogP contribution in [0.3, 0.4) is 0 Å². The number of thioether (sulfide) groups is 1. The number of esters is 1. The van der Waals surface area contributed by atoms with E-state index in [1.54, 1.807) is 0 Å². The molecular weight excluding hydrogens is 434 g/mol. The zero-order chi connectivity index (χ0) is 23.7. The lowest BCUT2D eigenvalue weighted by atomic mass is 9.92. The summed E-state index contributed by atoms with van der Waals surface area (Å²) < 4.78 is 5.15. The predicted octanol–water partition coefficient (Wildman–Crippen LogP) is 5.21. The molecule has 1 amide bonds. The maximum Gasteiger partial charge on any atom is 0.338 e. The van der Waals surface area contributed by atoms with Crippen LogP contribution in [0.15, 0.2) is 51.6 Å². The van der Waals surface area contributed by atoms with Crippen molar-refractivity contribution in [2.75, 3.05) is 20.2 Å². The highest BCUT2D eigenvalue weighted by Crippen LogP contribution is 2.45. The second kappa shape index (κ2) is 9.75. The molecule has 1 atom stereocenters.